The van der Waals surface area contributed by atoms with Gasteiger partial charge in [-0.2, -0.15) is 0 Å². The van der Waals surface area contributed by atoms with Crippen molar-refractivity contribution in [2.75, 3.05) is 18.5 Å². The molecule has 1 aromatic rings. The lowest BCUT2D eigenvalue weighted by atomic mass is 10.0. The molecule has 15 heavy (non-hydrogen) atoms. The molecule has 0 fully saturated rings. The second-order valence-electron chi connectivity index (χ2n) is 3.51. The number of fused-ring (bicyclic) bond motifs is 1. The Kier molecular flexibility index (Phi) is 3.04. The van der Waals surface area contributed by atoms with Crippen molar-refractivity contribution in [2.24, 2.45) is 0 Å². The van der Waals surface area contributed by atoms with Crippen LogP contribution in [0, 0.1) is 0 Å². The van der Waals surface area contributed by atoms with E-state index in [1.807, 2.05) is 12.1 Å². The zero-order chi connectivity index (χ0) is 10.7. The fraction of sp³-hybridized carbons (Fsp3) is 0.455. The van der Waals surface area contributed by atoms with Crippen LogP contribution in [0.5, 0.6) is 5.75 Å². The van der Waals surface area contributed by atoms with Gasteiger partial charge in [-0.05, 0) is 25.0 Å². The molecule has 0 aliphatic carbocycles. The van der Waals surface area contributed by atoms with Crippen LogP contribution in [0.4, 0.5) is 14.5 Å². The van der Waals surface area contributed by atoms with Crippen molar-refractivity contribution >= 4 is 5.69 Å². The van der Waals surface area contributed by atoms with E-state index in [1.54, 1.807) is 6.07 Å². The van der Waals surface area contributed by atoms with Gasteiger partial charge < -0.3 is 10.1 Å². The van der Waals surface area contributed by atoms with Crippen molar-refractivity contribution in [3.8, 4) is 5.75 Å². The van der Waals surface area contributed by atoms with Crippen molar-refractivity contribution in [1.29, 1.82) is 0 Å². The molecule has 4 heteroatoms. The molecule has 82 valence electrons. The van der Waals surface area contributed by atoms with Gasteiger partial charge in [0, 0.05) is 17.8 Å². The lowest BCUT2D eigenvalue weighted by Crippen LogP contribution is -2.14. The Hall–Kier alpha value is -1.32. The van der Waals surface area contributed by atoms with Crippen LogP contribution in [-0.4, -0.2) is 19.6 Å². The number of hydrogen-bond acceptors (Lipinski definition) is 2. The molecule has 0 saturated heterocycles. The lowest BCUT2D eigenvalue weighted by Gasteiger charge is -2.20. The maximum atomic E-state index is 12.0. The summed E-state index contributed by atoms with van der Waals surface area (Å²) >= 11 is 0. The van der Waals surface area contributed by atoms with Gasteiger partial charge in [0.2, 0.25) is 0 Å². The van der Waals surface area contributed by atoms with Crippen molar-refractivity contribution in [1.82, 2.24) is 0 Å². The molecule has 0 amide bonds. The number of hydrogen-bond donors (Lipinski definition) is 1. The Labute approximate surface area is 87.2 Å². The molecule has 1 aliphatic heterocycles. The lowest BCUT2D eigenvalue weighted by molar-refractivity contribution is 0.0814. The molecule has 0 atom stereocenters. The van der Waals surface area contributed by atoms with Crippen LogP contribution in [0.3, 0.4) is 0 Å². The predicted octanol–water partition coefficient (Wildman–Crippen LogP) is 2.69. The second-order valence-corrected chi connectivity index (χ2v) is 3.51. The first-order chi connectivity index (χ1) is 7.27. The van der Waals surface area contributed by atoms with Crippen LogP contribution >= 0.6 is 0 Å². The predicted molar refractivity (Wildman–Crippen MR) is 54.8 cm³/mol. The molecule has 2 nitrogen and oxygen atoms in total. The molecular weight excluding hydrogens is 200 g/mol. The summed E-state index contributed by atoms with van der Waals surface area (Å²) in [6.07, 6.45) is -0.513. The summed E-state index contributed by atoms with van der Waals surface area (Å²) < 4.78 is 29.1. The summed E-state index contributed by atoms with van der Waals surface area (Å²) in [7, 11) is 0. The Morgan fingerprint density at radius 2 is 2.27 bits per heavy atom. The van der Waals surface area contributed by atoms with E-state index in [-0.39, 0.29) is 0 Å². The third-order valence-corrected chi connectivity index (χ3v) is 2.42. The van der Waals surface area contributed by atoms with E-state index in [1.165, 1.54) is 0 Å². The zero-order valence-corrected chi connectivity index (χ0v) is 8.30. The quantitative estimate of drug-likeness (QED) is 0.833. The van der Waals surface area contributed by atoms with Gasteiger partial charge in [-0.3, -0.25) is 0 Å². The maximum Gasteiger partial charge on any atom is 0.272 e. The normalized spacial score (nSPS) is 14.6. The average molecular weight is 213 g/mol. The summed E-state index contributed by atoms with van der Waals surface area (Å²) in [4.78, 5) is 0. The number of halogens is 2. The molecule has 2 rings (SSSR count). The number of alkyl halides is 2. The monoisotopic (exact) mass is 213 g/mol. The minimum Gasteiger partial charge on any atom is -0.487 e. The Morgan fingerprint density at radius 1 is 1.40 bits per heavy atom. The summed E-state index contributed by atoms with van der Waals surface area (Å²) in [6.45, 7) is 0.405. The molecule has 0 bridgehead atoms. The van der Waals surface area contributed by atoms with Crippen molar-refractivity contribution in [2.45, 2.75) is 19.3 Å². The molecule has 0 spiro atoms. The summed E-state index contributed by atoms with van der Waals surface area (Å²) in [5.74, 6) is 0.583. The number of nitrogens with one attached hydrogen (secondary N) is 1. The third kappa shape index (κ3) is 2.37. The van der Waals surface area contributed by atoms with Gasteiger partial charge in [-0.1, -0.05) is 6.07 Å². The van der Waals surface area contributed by atoms with Crippen LogP contribution in [-0.2, 0) is 6.42 Å². The van der Waals surface area contributed by atoms with Crippen LogP contribution < -0.4 is 10.1 Å². The Morgan fingerprint density at radius 3 is 3.07 bits per heavy atom. The van der Waals surface area contributed by atoms with E-state index >= 15 is 0 Å². The van der Waals surface area contributed by atoms with E-state index < -0.39 is 13.0 Å². The zero-order valence-electron chi connectivity index (χ0n) is 8.30. The van der Waals surface area contributed by atoms with Gasteiger partial charge >= 0.3 is 0 Å². The maximum absolute atomic E-state index is 12.0. The van der Waals surface area contributed by atoms with Gasteiger partial charge in [0.25, 0.3) is 6.43 Å². The van der Waals surface area contributed by atoms with E-state index in [0.29, 0.717) is 5.75 Å². The molecule has 0 unspecified atom stereocenters. The average Bonchev–Trinajstić information content (AvgIpc) is 2.26. The fourth-order valence-electron chi connectivity index (χ4n) is 1.77. The summed E-state index contributed by atoms with van der Waals surface area (Å²) in [5, 5.41) is 3.22. The molecule has 1 N–H and O–H groups in total. The van der Waals surface area contributed by atoms with Gasteiger partial charge in [-0.15, -0.1) is 0 Å². The highest BCUT2D eigenvalue weighted by atomic mass is 19.3. The first kappa shape index (κ1) is 10.2. The van der Waals surface area contributed by atoms with Crippen molar-refractivity contribution in [3.05, 3.63) is 23.8 Å². The smallest absolute Gasteiger partial charge is 0.272 e. The molecular formula is C11H13F2NO. The van der Waals surface area contributed by atoms with Gasteiger partial charge in [0.05, 0.1) is 0 Å². The minimum atomic E-state index is -2.42. The van der Waals surface area contributed by atoms with Crippen LogP contribution in [0.2, 0.25) is 0 Å². The second kappa shape index (κ2) is 4.47. The number of benzene rings is 1. The molecule has 0 radical (unpaired) electrons. The van der Waals surface area contributed by atoms with E-state index in [4.69, 9.17) is 4.74 Å². The first-order valence-corrected chi connectivity index (χ1v) is 5.04. The van der Waals surface area contributed by atoms with E-state index in [9.17, 15) is 8.78 Å². The Bertz CT molecular complexity index is 341. The largest absolute Gasteiger partial charge is 0.487 e. The third-order valence-electron chi connectivity index (χ3n) is 2.42. The molecule has 1 aliphatic rings. The van der Waals surface area contributed by atoms with Gasteiger partial charge in [-0.25, -0.2) is 8.78 Å². The molecule has 1 aromatic carbocycles. The number of anilines is 1. The highest BCUT2D eigenvalue weighted by Crippen LogP contribution is 2.30. The van der Waals surface area contributed by atoms with E-state index in [2.05, 4.69) is 5.32 Å². The van der Waals surface area contributed by atoms with E-state index in [0.717, 1.165) is 30.6 Å². The molecule has 1 heterocycles. The SMILES string of the molecule is FC(F)COc1cccc2c1CCCN2. The molecule has 0 saturated carbocycles. The van der Waals surface area contributed by atoms with Crippen molar-refractivity contribution in [3.63, 3.8) is 0 Å². The first-order valence-electron chi connectivity index (χ1n) is 5.04. The van der Waals surface area contributed by atoms with Crippen LogP contribution in [0.15, 0.2) is 18.2 Å². The topological polar surface area (TPSA) is 21.3 Å². The number of ether oxygens (including phenoxy) is 1. The van der Waals surface area contributed by atoms with Crippen LogP contribution in [0.1, 0.15) is 12.0 Å². The Balaban J connectivity index is 2.16. The van der Waals surface area contributed by atoms with Gasteiger partial charge in [0.1, 0.15) is 12.4 Å². The number of rotatable bonds is 3. The molecule has 0 aromatic heterocycles. The summed E-state index contributed by atoms with van der Waals surface area (Å²) in [6, 6.07) is 5.51. The summed E-state index contributed by atoms with van der Waals surface area (Å²) in [5.41, 5.74) is 2.03. The standard InChI is InChI=1S/C11H13F2NO/c12-11(13)7-15-10-5-1-4-9-8(10)3-2-6-14-9/h1,4-5,11,14H,2-3,6-7H2. The van der Waals surface area contributed by atoms with Gasteiger partial charge in [0.15, 0.2) is 0 Å². The highest BCUT2D eigenvalue weighted by molar-refractivity contribution is 5.59. The van der Waals surface area contributed by atoms with Crippen molar-refractivity contribution < 1.29 is 13.5 Å². The minimum absolute atomic E-state index is 0.531. The fourth-order valence-corrected chi connectivity index (χ4v) is 1.77. The highest BCUT2D eigenvalue weighted by Gasteiger charge is 2.14. The van der Waals surface area contributed by atoms with Crippen LogP contribution in [0.25, 0.3) is 0 Å².